The predicted molar refractivity (Wildman–Crippen MR) is 62.8 cm³/mol. The Morgan fingerprint density at radius 3 is 2.76 bits per heavy atom. The average Bonchev–Trinajstić information content (AvgIpc) is 2.27. The van der Waals surface area contributed by atoms with Crippen LogP contribution in [-0.4, -0.2) is 31.7 Å². The summed E-state index contributed by atoms with van der Waals surface area (Å²) >= 11 is 0. The van der Waals surface area contributed by atoms with E-state index in [-0.39, 0.29) is 11.7 Å². The van der Waals surface area contributed by atoms with E-state index in [9.17, 15) is 14.5 Å². The molecular weight excluding hydrogens is 227 g/mol. The first-order valence-electron chi connectivity index (χ1n) is 5.13. The highest BCUT2D eigenvalue weighted by molar-refractivity contribution is 5.63. The Morgan fingerprint density at radius 1 is 1.59 bits per heavy atom. The number of ether oxygens (including phenoxy) is 1. The first kappa shape index (κ1) is 13.4. The third kappa shape index (κ3) is 2.91. The molecule has 1 aromatic carbocycles. The van der Waals surface area contributed by atoms with Crippen LogP contribution in [0.15, 0.2) is 18.2 Å². The van der Waals surface area contributed by atoms with Crippen LogP contribution < -0.4 is 4.90 Å². The Kier molecular flexibility index (Phi) is 4.39. The molecule has 5 nitrogen and oxygen atoms in total. The van der Waals surface area contributed by atoms with Gasteiger partial charge in [0.1, 0.15) is 5.69 Å². The molecule has 1 unspecified atom stereocenters. The number of methoxy groups -OCH3 is 1. The number of nitro benzene ring substituents is 1. The molecule has 0 saturated heterocycles. The van der Waals surface area contributed by atoms with Gasteiger partial charge in [-0.25, -0.2) is 0 Å². The third-order valence-electron chi connectivity index (χ3n) is 2.60. The Balaban J connectivity index is 3.13. The van der Waals surface area contributed by atoms with Gasteiger partial charge in [-0.05, 0) is 19.1 Å². The molecule has 1 rings (SSSR count). The summed E-state index contributed by atoms with van der Waals surface area (Å²) in [6, 6.07) is 3.97. The molecule has 0 fully saturated rings. The Hall–Kier alpha value is -1.69. The summed E-state index contributed by atoms with van der Waals surface area (Å²) in [6.45, 7) is 2.25. The van der Waals surface area contributed by atoms with E-state index in [0.29, 0.717) is 6.61 Å². The van der Waals surface area contributed by atoms with Crippen LogP contribution in [0.1, 0.15) is 6.92 Å². The minimum atomic E-state index is -0.830. The maximum absolute atomic E-state index is 13.4. The number of anilines is 1. The lowest BCUT2D eigenvalue weighted by Crippen LogP contribution is -2.33. The molecule has 1 atom stereocenters. The van der Waals surface area contributed by atoms with Crippen molar-refractivity contribution < 1.29 is 14.1 Å². The van der Waals surface area contributed by atoms with Crippen LogP contribution >= 0.6 is 0 Å². The Labute approximate surface area is 98.9 Å². The predicted octanol–water partition coefficient (Wildman–Crippen LogP) is 2.21. The maximum Gasteiger partial charge on any atom is 0.327 e. The molecular formula is C11H15FN2O3. The molecule has 0 aromatic heterocycles. The highest BCUT2D eigenvalue weighted by atomic mass is 19.1. The van der Waals surface area contributed by atoms with Gasteiger partial charge in [0.25, 0.3) is 0 Å². The molecule has 0 saturated carbocycles. The molecule has 0 aliphatic rings. The highest BCUT2D eigenvalue weighted by Gasteiger charge is 2.24. The lowest BCUT2D eigenvalue weighted by molar-refractivity contribution is -0.386. The van der Waals surface area contributed by atoms with E-state index >= 15 is 0 Å². The summed E-state index contributed by atoms with van der Waals surface area (Å²) < 4.78 is 18.4. The molecule has 94 valence electrons. The van der Waals surface area contributed by atoms with Gasteiger partial charge < -0.3 is 9.64 Å². The second-order valence-corrected chi connectivity index (χ2v) is 3.78. The minimum Gasteiger partial charge on any atom is -0.383 e. The number of nitro groups is 1. The van der Waals surface area contributed by atoms with E-state index in [1.807, 2.05) is 6.92 Å². The quantitative estimate of drug-likeness (QED) is 0.586. The number of hydrogen-bond acceptors (Lipinski definition) is 4. The van der Waals surface area contributed by atoms with Crippen LogP contribution in [0, 0.1) is 15.9 Å². The fraction of sp³-hybridized carbons (Fsp3) is 0.455. The molecule has 0 N–H and O–H groups in total. The molecule has 0 aliphatic carbocycles. The van der Waals surface area contributed by atoms with Crippen LogP contribution in [0.2, 0.25) is 0 Å². The number of hydrogen-bond donors (Lipinski definition) is 0. The van der Waals surface area contributed by atoms with E-state index in [4.69, 9.17) is 4.74 Å². The van der Waals surface area contributed by atoms with Crippen LogP contribution in [0.5, 0.6) is 0 Å². The van der Waals surface area contributed by atoms with Crippen molar-refractivity contribution in [2.75, 3.05) is 25.7 Å². The van der Waals surface area contributed by atoms with Crippen molar-refractivity contribution in [2.24, 2.45) is 0 Å². The molecule has 0 spiro atoms. The number of benzene rings is 1. The summed E-state index contributed by atoms with van der Waals surface area (Å²) in [5, 5.41) is 10.8. The lowest BCUT2D eigenvalue weighted by atomic mass is 10.2. The van der Waals surface area contributed by atoms with E-state index in [0.717, 1.165) is 6.07 Å². The fourth-order valence-electron chi connectivity index (χ4n) is 1.56. The molecule has 6 heteroatoms. The molecule has 0 aliphatic heterocycles. The van der Waals surface area contributed by atoms with Crippen molar-refractivity contribution in [3.8, 4) is 0 Å². The topological polar surface area (TPSA) is 55.6 Å². The second kappa shape index (κ2) is 5.58. The van der Waals surface area contributed by atoms with E-state index in [2.05, 4.69) is 0 Å². The maximum atomic E-state index is 13.4. The van der Waals surface area contributed by atoms with Gasteiger partial charge in [-0.2, -0.15) is 4.39 Å². The zero-order valence-corrected chi connectivity index (χ0v) is 10.0. The van der Waals surface area contributed by atoms with Gasteiger partial charge in [0.15, 0.2) is 0 Å². The Morgan fingerprint density at radius 2 is 2.24 bits per heavy atom. The van der Waals surface area contributed by atoms with Gasteiger partial charge >= 0.3 is 5.69 Å². The van der Waals surface area contributed by atoms with Crippen LogP contribution in [0.3, 0.4) is 0 Å². The van der Waals surface area contributed by atoms with Crippen molar-refractivity contribution in [3.63, 3.8) is 0 Å². The zero-order valence-electron chi connectivity index (χ0n) is 10.0. The van der Waals surface area contributed by atoms with E-state index < -0.39 is 16.4 Å². The van der Waals surface area contributed by atoms with Crippen LogP contribution in [-0.2, 0) is 4.74 Å². The van der Waals surface area contributed by atoms with Gasteiger partial charge in [-0.15, -0.1) is 0 Å². The van der Waals surface area contributed by atoms with Gasteiger partial charge in [0, 0.05) is 20.2 Å². The van der Waals surface area contributed by atoms with Crippen molar-refractivity contribution in [1.82, 2.24) is 0 Å². The second-order valence-electron chi connectivity index (χ2n) is 3.78. The standard InChI is InChI=1S/C11H15FN2O3/c1-8(7-17-3)13(2)10-6-4-5-9(12)11(10)14(15)16/h4-6,8H,7H2,1-3H3. The molecule has 0 radical (unpaired) electrons. The lowest BCUT2D eigenvalue weighted by Gasteiger charge is -2.26. The van der Waals surface area contributed by atoms with Gasteiger partial charge in [-0.3, -0.25) is 10.1 Å². The number of likely N-dealkylation sites (N-methyl/N-ethyl adjacent to an activating group) is 1. The Bertz CT molecular complexity index is 412. The molecule has 17 heavy (non-hydrogen) atoms. The van der Waals surface area contributed by atoms with Crippen LogP contribution in [0.4, 0.5) is 15.8 Å². The van der Waals surface area contributed by atoms with E-state index in [1.165, 1.54) is 12.1 Å². The summed E-state index contributed by atoms with van der Waals surface area (Å²) in [5.41, 5.74) is -0.252. The number of halogens is 1. The van der Waals surface area contributed by atoms with Crippen molar-refractivity contribution >= 4 is 11.4 Å². The number of para-hydroxylation sites is 1. The molecule has 1 aromatic rings. The minimum absolute atomic E-state index is 0.0829. The highest BCUT2D eigenvalue weighted by Crippen LogP contribution is 2.30. The SMILES string of the molecule is COCC(C)N(C)c1cccc(F)c1[N+](=O)[O-]. The first-order valence-corrected chi connectivity index (χ1v) is 5.13. The largest absolute Gasteiger partial charge is 0.383 e. The van der Waals surface area contributed by atoms with E-state index in [1.54, 1.807) is 19.1 Å². The third-order valence-corrected chi connectivity index (χ3v) is 2.60. The summed E-state index contributed by atoms with van der Waals surface area (Å²) in [7, 11) is 3.22. The van der Waals surface area contributed by atoms with Crippen LogP contribution in [0.25, 0.3) is 0 Å². The van der Waals surface area contributed by atoms with Crippen molar-refractivity contribution in [2.45, 2.75) is 13.0 Å². The fourth-order valence-corrected chi connectivity index (χ4v) is 1.56. The number of nitrogens with zero attached hydrogens (tertiary/aromatic N) is 2. The number of rotatable bonds is 5. The van der Waals surface area contributed by atoms with Gasteiger partial charge in [0.05, 0.1) is 11.5 Å². The normalized spacial score (nSPS) is 12.2. The monoisotopic (exact) mass is 242 g/mol. The average molecular weight is 242 g/mol. The summed E-state index contributed by atoms with van der Waals surface area (Å²) in [4.78, 5) is 11.8. The van der Waals surface area contributed by atoms with Gasteiger partial charge in [-0.1, -0.05) is 6.07 Å². The first-order chi connectivity index (χ1) is 7.99. The summed E-state index contributed by atoms with van der Waals surface area (Å²) in [6.07, 6.45) is 0. The van der Waals surface area contributed by atoms with Crippen molar-refractivity contribution in [3.05, 3.63) is 34.1 Å². The van der Waals surface area contributed by atoms with Crippen molar-refractivity contribution in [1.29, 1.82) is 0 Å². The zero-order chi connectivity index (χ0) is 13.0. The molecule has 0 bridgehead atoms. The molecule has 0 heterocycles. The van der Waals surface area contributed by atoms with Gasteiger partial charge in [0.2, 0.25) is 5.82 Å². The molecule has 0 amide bonds. The smallest absolute Gasteiger partial charge is 0.327 e. The summed E-state index contributed by atoms with van der Waals surface area (Å²) in [5.74, 6) is -0.830.